The summed E-state index contributed by atoms with van der Waals surface area (Å²) in [6.45, 7) is 7.81. The molecular weight excluding hydrogens is 213 g/mol. The van der Waals surface area contributed by atoms with Gasteiger partial charge in [-0.15, -0.1) is 0 Å². The molecule has 0 heterocycles. The van der Waals surface area contributed by atoms with E-state index in [1.54, 1.807) is 4.67 Å². The summed E-state index contributed by atoms with van der Waals surface area (Å²) < 4.78 is 11.2. The van der Waals surface area contributed by atoms with Crippen molar-refractivity contribution < 1.29 is 13.5 Å². The van der Waals surface area contributed by atoms with E-state index in [9.17, 15) is 4.89 Å². The van der Waals surface area contributed by atoms with E-state index in [0.717, 1.165) is 0 Å². The molecule has 0 rings (SSSR count). The first kappa shape index (κ1) is 13.6. The van der Waals surface area contributed by atoms with Gasteiger partial charge in [-0.25, -0.2) is 0 Å². The van der Waals surface area contributed by atoms with Crippen molar-refractivity contribution in [2.75, 3.05) is 7.11 Å². The van der Waals surface area contributed by atoms with Gasteiger partial charge in [0.1, 0.15) is 0 Å². The topological polar surface area (TPSA) is 41.9 Å². The molecule has 1 N–H and O–H groups in total. The number of hydrogen-bond donors (Lipinski definition) is 1. The minimum atomic E-state index is -3.35. The molecule has 0 saturated heterocycles. The van der Waals surface area contributed by atoms with E-state index in [4.69, 9.17) is 16.4 Å². The molecule has 82 valence electrons. The quantitative estimate of drug-likeness (QED) is 0.738. The second-order valence-corrected chi connectivity index (χ2v) is 6.06. The van der Waals surface area contributed by atoms with Crippen LogP contribution in [0.2, 0.25) is 0 Å². The minimum absolute atomic E-state index is 0.121. The number of rotatable bonds is 5. The van der Waals surface area contributed by atoms with Crippen molar-refractivity contribution in [1.82, 2.24) is 4.67 Å². The van der Waals surface area contributed by atoms with E-state index in [1.807, 2.05) is 27.7 Å². The first-order valence-corrected chi connectivity index (χ1v) is 6.26. The summed E-state index contributed by atoms with van der Waals surface area (Å²) in [4.78, 5) is 9.92. The third-order valence-electron chi connectivity index (χ3n) is 1.81. The van der Waals surface area contributed by atoms with Gasteiger partial charge in [-0.2, -0.15) is 0 Å². The van der Waals surface area contributed by atoms with Gasteiger partial charge >= 0.3 is 85.0 Å². The van der Waals surface area contributed by atoms with E-state index in [2.05, 4.69) is 4.08 Å². The third-order valence-corrected chi connectivity index (χ3v) is 4.83. The fourth-order valence-corrected chi connectivity index (χ4v) is 3.51. The number of nitrogens with zero attached hydrogens (tertiary/aromatic N) is 1. The van der Waals surface area contributed by atoms with Crippen LogP contribution in [0, 0.1) is 0 Å². The van der Waals surface area contributed by atoms with Crippen LogP contribution < -0.4 is 0 Å². The second-order valence-electron chi connectivity index (χ2n) is 3.42. The first-order valence-electron chi connectivity index (χ1n) is 4.24. The Morgan fingerprint density at radius 1 is 1.23 bits per heavy atom. The van der Waals surface area contributed by atoms with Crippen LogP contribution in [0.4, 0.5) is 0 Å². The fourth-order valence-electron chi connectivity index (χ4n) is 1.43. The zero-order valence-electron chi connectivity index (χ0n) is 8.74. The Morgan fingerprint density at radius 3 is 1.69 bits per heavy atom. The molecule has 0 aromatic rings. The zero-order valence-corrected chi connectivity index (χ0v) is 10.5. The number of hydrogen-bond acceptors (Lipinski definition) is 4. The molecule has 0 atom stereocenters. The number of halogens is 1. The molecule has 4 nitrogen and oxygen atoms in total. The average Bonchev–Trinajstić information content (AvgIpc) is 2.02. The molecule has 0 bridgehead atoms. The van der Waals surface area contributed by atoms with Gasteiger partial charge in [0.15, 0.2) is 0 Å². The first-order chi connectivity index (χ1) is 5.89. The van der Waals surface area contributed by atoms with Gasteiger partial charge in [-0.1, -0.05) is 0 Å². The Balaban J connectivity index is 4.69. The van der Waals surface area contributed by atoms with Gasteiger partial charge < -0.3 is 0 Å². The van der Waals surface area contributed by atoms with E-state index < -0.39 is 8.09 Å². The molecular formula is C7H19ClNO3P. The summed E-state index contributed by atoms with van der Waals surface area (Å²) in [6.07, 6.45) is 0. The SMILES string of the molecule is CO[PH](O)(OCl)N(C(C)C)C(C)C. The normalized spacial score (nSPS) is 14.6. The van der Waals surface area contributed by atoms with Crippen LogP contribution in [0.25, 0.3) is 0 Å². The predicted octanol–water partition coefficient (Wildman–Crippen LogP) is 2.32. The van der Waals surface area contributed by atoms with Gasteiger partial charge in [0, 0.05) is 0 Å². The Kier molecular flexibility index (Phi) is 5.68. The monoisotopic (exact) mass is 231 g/mol. The van der Waals surface area contributed by atoms with Crippen molar-refractivity contribution in [3.63, 3.8) is 0 Å². The molecule has 0 aliphatic carbocycles. The molecule has 0 radical (unpaired) electrons. The van der Waals surface area contributed by atoms with Crippen molar-refractivity contribution in [3.8, 4) is 0 Å². The van der Waals surface area contributed by atoms with E-state index >= 15 is 0 Å². The van der Waals surface area contributed by atoms with Crippen molar-refractivity contribution >= 4 is 20.0 Å². The molecule has 13 heavy (non-hydrogen) atoms. The van der Waals surface area contributed by atoms with E-state index in [1.165, 1.54) is 7.11 Å². The molecule has 0 aliphatic heterocycles. The standard InChI is InChI=1S/C7H19ClNO3P/c1-6(2)9(7(3)4)13(10,11-5)12-8/h6-7,10,13H,1-5H3. The molecule has 0 aromatic heterocycles. The van der Waals surface area contributed by atoms with Crippen molar-refractivity contribution in [2.45, 2.75) is 39.8 Å². The predicted molar refractivity (Wildman–Crippen MR) is 56.6 cm³/mol. The molecule has 0 aliphatic rings. The van der Waals surface area contributed by atoms with E-state index in [0.29, 0.717) is 0 Å². The van der Waals surface area contributed by atoms with Crippen LogP contribution in [0.1, 0.15) is 27.7 Å². The maximum absolute atomic E-state index is 9.92. The molecule has 6 heteroatoms. The van der Waals surface area contributed by atoms with Gasteiger partial charge in [0.05, 0.1) is 0 Å². The molecule has 0 aromatic carbocycles. The van der Waals surface area contributed by atoms with Crippen LogP contribution >= 0.6 is 20.0 Å². The summed E-state index contributed by atoms with van der Waals surface area (Å²) >= 11 is 5.24. The zero-order chi connectivity index (χ0) is 10.6. The molecule has 0 saturated carbocycles. The van der Waals surface area contributed by atoms with Crippen LogP contribution in [0.3, 0.4) is 0 Å². The Labute approximate surface area is 85.6 Å². The van der Waals surface area contributed by atoms with Crippen LogP contribution in [0.5, 0.6) is 0 Å². The van der Waals surface area contributed by atoms with Crippen LogP contribution in [-0.2, 0) is 8.60 Å². The fraction of sp³-hybridized carbons (Fsp3) is 1.00. The summed E-state index contributed by atoms with van der Waals surface area (Å²) in [6, 6.07) is 0.241. The van der Waals surface area contributed by atoms with Gasteiger partial charge in [-0.05, 0) is 0 Å². The Morgan fingerprint density at radius 2 is 1.62 bits per heavy atom. The molecule has 0 fully saturated rings. The third kappa shape index (κ3) is 3.31. The van der Waals surface area contributed by atoms with Crippen molar-refractivity contribution in [3.05, 3.63) is 0 Å². The van der Waals surface area contributed by atoms with Crippen LogP contribution in [-0.4, -0.2) is 28.8 Å². The van der Waals surface area contributed by atoms with Crippen LogP contribution in [0.15, 0.2) is 0 Å². The molecule has 0 unspecified atom stereocenters. The van der Waals surface area contributed by atoms with E-state index in [-0.39, 0.29) is 12.1 Å². The maximum atomic E-state index is 9.92. The van der Waals surface area contributed by atoms with Crippen molar-refractivity contribution in [2.24, 2.45) is 0 Å². The average molecular weight is 232 g/mol. The van der Waals surface area contributed by atoms with Gasteiger partial charge in [0.2, 0.25) is 0 Å². The summed E-state index contributed by atoms with van der Waals surface area (Å²) in [5.41, 5.74) is 0. The summed E-state index contributed by atoms with van der Waals surface area (Å²) in [5, 5.41) is 0. The van der Waals surface area contributed by atoms with Gasteiger partial charge in [0.25, 0.3) is 0 Å². The van der Waals surface area contributed by atoms with Crippen molar-refractivity contribution in [1.29, 1.82) is 0 Å². The Hall–Kier alpha value is 0.560. The summed E-state index contributed by atoms with van der Waals surface area (Å²) in [5.74, 6) is 0. The summed E-state index contributed by atoms with van der Waals surface area (Å²) in [7, 11) is -1.96. The van der Waals surface area contributed by atoms with Gasteiger partial charge in [-0.3, -0.25) is 0 Å². The molecule has 0 spiro atoms. The second kappa shape index (κ2) is 5.44. The Bertz CT molecular complexity index is 145. The molecule has 0 amide bonds.